The summed E-state index contributed by atoms with van der Waals surface area (Å²) in [6.45, 7) is 3.69. The Morgan fingerprint density at radius 2 is 1.92 bits per heavy atom. The zero-order chi connectivity index (χ0) is 10.1. The second-order valence-electron chi connectivity index (χ2n) is 2.19. The van der Waals surface area contributed by atoms with Crippen LogP contribution in [0.15, 0.2) is 36.0 Å². The van der Waals surface area contributed by atoms with Gasteiger partial charge in [-0.2, -0.15) is 4.89 Å². The molecular formula is C10H14O3. The molecule has 0 aromatic rings. The average Bonchev–Trinajstić information content (AvgIpc) is 2.12. The van der Waals surface area contributed by atoms with Crippen LogP contribution in [-0.4, -0.2) is 13.1 Å². The Kier molecular flexibility index (Phi) is 6.55. The maximum absolute atomic E-state index is 11.1. The molecule has 0 rings (SSSR count). The van der Waals surface area contributed by atoms with E-state index < -0.39 is 5.97 Å². The first kappa shape index (κ1) is 11.6. The monoisotopic (exact) mass is 182 g/mol. The Morgan fingerprint density at radius 1 is 1.23 bits per heavy atom. The zero-order valence-electron chi connectivity index (χ0n) is 8.11. The maximum atomic E-state index is 11.1. The SMILES string of the molecule is C\C=C/C=C(\C=C/C)C(=O)OOC. The Morgan fingerprint density at radius 3 is 2.38 bits per heavy atom. The fourth-order valence-electron chi connectivity index (χ4n) is 0.695. The molecule has 0 unspecified atom stereocenters. The van der Waals surface area contributed by atoms with Crippen LogP contribution in [-0.2, 0) is 14.6 Å². The van der Waals surface area contributed by atoms with Crippen molar-refractivity contribution in [3.05, 3.63) is 36.0 Å². The van der Waals surface area contributed by atoms with Crippen molar-refractivity contribution in [1.29, 1.82) is 0 Å². The lowest BCUT2D eigenvalue weighted by Crippen LogP contribution is -2.05. The van der Waals surface area contributed by atoms with Crippen molar-refractivity contribution in [2.45, 2.75) is 13.8 Å². The molecule has 0 saturated heterocycles. The predicted molar refractivity (Wildman–Crippen MR) is 50.8 cm³/mol. The van der Waals surface area contributed by atoms with Crippen LogP contribution in [0.1, 0.15) is 13.8 Å². The Balaban J connectivity index is 4.50. The van der Waals surface area contributed by atoms with E-state index >= 15 is 0 Å². The highest BCUT2D eigenvalue weighted by atomic mass is 17.2. The molecule has 0 aliphatic carbocycles. The lowest BCUT2D eigenvalue weighted by atomic mass is 10.2. The van der Waals surface area contributed by atoms with Crippen LogP contribution in [0, 0.1) is 0 Å². The number of hydrogen-bond donors (Lipinski definition) is 0. The van der Waals surface area contributed by atoms with Gasteiger partial charge in [-0.25, -0.2) is 4.79 Å². The standard InChI is InChI=1S/C10H14O3/c1-4-6-8-9(7-5-2)10(11)13-12-3/h4-8H,1-3H3/b6-4-,7-5-,9-8+. The molecular weight excluding hydrogens is 168 g/mol. The molecule has 0 N–H and O–H groups in total. The fraction of sp³-hybridized carbons (Fsp3) is 0.300. The van der Waals surface area contributed by atoms with Gasteiger partial charge in [0.05, 0.1) is 12.7 Å². The minimum Gasteiger partial charge on any atom is -0.293 e. The normalized spacial score (nSPS) is 12.7. The lowest BCUT2D eigenvalue weighted by molar-refractivity contribution is -0.250. The molecule has 0 amide bonds. The van der Waals surface area contributed by atoms with E-state index in [0.29, 0.717) is 5.57 Å². The molecule has 72 valence electrons. The van der Waals surface area contributed by atoms with Gasteiger partial charge in [-0.3, -0.25) is 4.89 Å². The third kappa shape index (κ3) is 4.98. The number of rotatable bonds is 4. The highest BCUT2D eigenvalue weighted by Gasteiger charge is 2.06. The van der Waals surface area contributed by atoms with Crippen LogP contribution in [0.2, 0.25) is 0 Å². The molecule has 3 heteroatoms. The Bertz CT molecular complexity index is 237. The van der Waals surface area contributed by atoms with E-state index in [0.717, 1.165) is 0 Å². The molecule has 13 heavy (non-hydrogen) atoms. The average molecular weight is 182 g/mol. The summed E-state index contributed by atoms with van der Waals surface area (Å²) >= 11 is 0. The Labute approximate surface area is 78.3 Å². The minimum atomic E-state index is -0.501. The van der Waals surface area contributed by atoms with E-state index in [4.69, 9.17) is 0 Å². The van der Waals surface area contributed by atoms with E-state index in [1.807, 2.05) is 19.9 Å². The van der Waals surface area contributed by atoms with Crippen LogP contribution >= 0.6 is 0 Å². The second kappa shape index (κ2) is 7.31. The number of carbonyl (C=O) groups excluding carboxylic acids is 1. The van der Waals surface area contributed by atoms with E-state index in [-0.39, 0.29) is 0 Å². The van der Waals surface area contributed by atoms with Crippen LogP contribution in [0.5, 0.6) is 0 Å². The molecule has 0 aliphatic heterocycles. The molecule has 3 nitrogen and oxygen atoms in total. The zero-order valence-corrected chi connectivity index (χ0v) is 8.11. The lowest BCUT2D eigenvalue weighted by Gasteiger charge is -1.98. The van der Waals surface area contributed by atoms with Crippen molar-refractivity contribution in [2.75, 3.05) is 7.11 Å². The second-order valence-corrected chi connectivity index (χ2v) is 2.19. The molecule has 0 aliphatic rings. The van der Waals surface area contributed by atoms with Gasteiger partial charge >= 0.3 is 5.97 Å². The van der Waals surface area contributed by atoms with Gasteiger partial charge in [0, 0.05) is 0 Å². The van der Waals surface area contributed by atoms with Gasteiger partial charge < -0.3 is 0 Å². The molecule has 0 heterocycles. The summed E-state index contributed by atoms with van der Waals surface area (Å²) in [6.07, 6.45) is 8.64. The summed E-state index contributed by atoms with van der Waals surface area (Å²) in [7, 11) is 1.29. The third-order valence-electron chi connectivity index (χ3n) is 1.21. The molecule has 0 aromatic carbocycles. The van der Waals surface area contributed by atoms with Crippen LogP contribution < -0.4 is 0 Å². The van der Waals surface area contributed by atoms with Gasteiger partial charge in [-0.05, 0) is 19.9 Å². The molecule has 0 saturated carbocycles. The number of allylic oxidation sites excluding steroid dienone is 4. The van der Waals surface area contributed by atoms with Crippen molar-refractivity contribution in [3.8, 4) is 0 Å². The van der Waals surface area contributed by atoms with Crippen molar-refractivity contribution in [3.63, 3.8) is 0 Å². The number of hydrogen-bond acceptors (Lipinski definition) is 3. The summed E-state index contributed by atoms with van der Waals surface area (Å²) in [5, 5.41) is 0. The highest BCUT2D eigenvalue weighted by Crippen LogP contribution is 2.01. The molecule has 0 radical (unpaired) electrons. The van der Waals surface area contributed by atoms with Gasteiger partial charge in [-0.15, -0.1) is 0 Å². The van der Waals surface area contributed by atoms with Gasteiger partial charge in [0.15, 0.2) is 0 Å². The van der Waals surface area contributed by atoms with Crippen LogP contribution in [0.25, 0.3) is 0 Å². The first-order valence-corrected chi connectivity index (χ1v) is 3.97. The van der Waals surface area contributed by atoms with E-state index in [1.165, 1.54) is 7.11 Å². The largest absolute Gasteiger partial charge is 0.373 e. The minimum absolute atomic E-state index is 0.447. The molecule has 0 atom stereocenters. The summed E-state index contributed by atoms with van der Waals surface area (Å²) in [4.78, 5) is 19.8. The van der Waals surface area contributed by atoms with Crippen LogP contribution in [0.3, 0.4) is 0 Å². The van der Waals surface area contributed by atoms with E-state index in [1.54, 1.807) is 24.3 Å². The number of carbonyl (C=O) groups is 1. The fourth-order valence-corrected chi connectivity index (χ4v) is 0.695. The van der Waals surface area contributed by atoms with Gasteiger partial charge in [-0.1, -0.05) is 24.3 Å². The molecule has 0 spiro atoms. The first-order chi connectivity index (χ1) is 6.26. The van der Waals surface area contributed by atoms with Crippen molar-refractivity contribution >= 4 is 5.97 Å². The summed E-state index contributed by atoms with van der Waals surface area (Å²) in [5.74, 6) is -0.501. The Hall–Kier alpha value is -1.35. The smallest absolute Gasteiger partial charge is 0.293 e. The predicted octanol–water partition coefficient (Wildman–Crippen LogP) is 2.17. The van der Waals surface area contributed by atoms with E-state index in [9.17, 15) is 4.79 Å². The molecule has 0 aromatic heterocycles. The highest BCUT2D eigenvalue weighted by molar-refractivity contribution is 5.91. The summed E-state index contributed by atoms with van der Waals surface area (Å²) < 4.78 is 0. The maximum Gasteiger partial charge on any atom is 0.373 e. The first-order valence-electron chi connectivity index (χ1n) is 3.97. The molecule has 0 fully saturated rings. The van der Waals surface area contributed by atoms with Gasteiger partial charge in [0.25, 0.3) is 0 Å². The van der Waals surface area contributed by atoms with Crippen molar-refractivity contribution in [2.24, 2.45) is 0 Å². The topological polar surface area (TPSA) is 35.5 Å². The summed E-state index contributed by atoms with van der Waals surface area (Å²) in [6, 6.07) is 0. The van der Waals surface area contributed by atoms with Crippen LogP contribution in [0.4, 0.5) is 0 Å². The summed E-state index contributed by atoms with van der Waals surface area (Å²) in [5.41, 5.74) is 0.447. The quantitative estimate of drug-likeness (QED) is 0.289. The van der Waals surface area contributed by atoms with Crippen molar-refractivity contribution < 1.29 is 14.6 Å². The van der Waals surface area contributed by atoms with E-state index in [2.05, 4.69) is 9.78 Å². The van der Waals surface area contributed by atoms with Crippen molar-refractivity contribution in [1.82, 2.24) is 0 Å². The molecule has 0 bridgehead atoms. The third-order valence-corrected chi connectivity index (χ3v) is 1.21. The van der Waals surface area contributed by atoms with Gasteiger partial charge in [0.2, 0.25) is 0 Å². The van der Waals surface area contributed by atoms with Gasteiger partial charge in [0.1, 0.15) is 0 Å².